The second-order valence-corrected chi connectivity index (χ2v) is 11.1. The fourth-order valence-electron chi connectivity index (χ4n) is 4.81. The number of amides is 2. The van der Waals surface area contributed by atoms with Crippen LogP contribution in [0.4, 0.5) is 10.5 Å². The number of urea groups is 1. The van der Waals surface area contributed by atoms with Crippen molar-refractivity contribution in [3.05, 3.63) is 76.7 Å². The van der Waals surface area contributed by atoms with Gasteiger partial charge in [0.05, 0.1) is 18.5 Å². The molecule has 5 nitrogen and oxygen atoms in total. The van der Waals surface area contributed by atoms with E-state index in [0.29, 0.717) is 6.54 Å². The van der Waals surface area contributed by atoms with Crippen molar-refractivity contribution in [2.45, 2.75) is 97.1 Å². The average molecular weight is 631 g/mol. The zero-order valence-electron chi connectivity index (χ0n) is 24.5. The van der Waals surface area contributed by atoms with Gasteiger partial charge in [0.1, 0.15) is 5.75 Å². The Balaban J connectivity index is 0.00000560. The van der Waals surface area contributed by atoms with Crippen LogP contribution >= 0.6 is 11.3 Å². The third-order valence-electron chi connectivity index (χ3n) is 7.10. The van der Waals surface area contributed by atoms with Crippen molar-refractivity contribution in [2.75, 3.05) is 18.6 Å². The first-order valence-electron chi connectivity index (χ1n) is 14.9. The van der Waals surface area contributed by atoms with Crippen LogP contribution in [0.5, 0.6) is 5.75 Å². The van der Waals surface area contributed by atoms with Crippen molar-refractivity contribution in [3.63, 3.8) is 0 Å². The number of halogens is 1. The number of carbonyl (C=O) groups excluding carboxylic acids is 1. The molecule has 0 aliphatic carbocycles. The van der Waals surface area contributed by atoms with Crippen LogP contribution in [0.3, 0.4) is 0 Å². The fourth-order valence-corrected chi connectivity index (χ4v) is 5.41. The van der Waals surface area contributed by atoms with Gasteiger partial charge in [0, 0.05) is 18.3 Å². The molecular weight excluding hydrogens is 582 g/mol. The highest BCUT2D eigenvalue weighted by atomic mass is 79.9. The van der Waals surface area contributed by atoms with Crippen molar-refractivity contribution < 1.29 is 31.1 Å². The molecule has 1 heterocycles. The lowest BCUT2D eigenvalue weighted by molar-refractivity contribution is -0.683. The van der Waals surface area contributed by atoms with E-state index < -0.39 is 0 Å². The van der Waals surface area contributed by atoms with Gasteiger partial charge in [0.15, 0.2) is 12.7 Å². The summed E-state index contributed by atoms with van der Waals surface area (Å²) >= 11 is 1.67. The topological polar surface area (TPSA) is 45.5 Å². The van der Waals surface area contributed by atoms with Crippen LogP contribution < -0.4 is 36.5 Å². The summed E-state index contributed by atoms with van der Waals surface area (Å²) in [6.45, 7) is 4.31. The number of carbonyl (C=O) groups is 1. The Labute approximate surface area is 256 Å². The molecule has 0 bridgehead atoms. The van der Waals surface area contributed by atoms with Crippen molar-refractivity contribution >= 4 is 23.1 Å². The zero-order valence-corrected chi connectivity index (χ0v) is 26.9. The maximum atomic E-state index is 12.7. The van der Waals surface area contributed by atoms with Crippen molar-refractivity contribution in [1.82, 2.24) is 5.32 Å². The van der Waals surface area contributed by atoms with Crippen LogP contribution in [-0.4, -0.2) is 19.7 Å². The summed E-state index contributed by atoms with van der Waals surface area (Å²) in [6, 6.07) is 16.2. The number of unbranched alkanes of at least 4 members (excludes halogenated alkanes) is 11. The molecular formula is C33H48BrN3O2S. The molecule has 7 heteroatoms. The van der Waals surface area contributed by atoms with Gasteiger partial charge in [-0.15, -0.1) is 0 Å². The number of hydrogen-bond acceptors (Lipinski definition) is 3. The van der Waals surface area contributed by atoms with E-state index in [1.807, 2.05) is 24.3 Å². The molecule has 0 saturated heterocycles. The molecule has 0 spiro atoms. The minimum absolute atomic E-state index is 0. The molecule has 0 saturated carbocycles. The Morgan fingerprint density at radius 3 is 2.12 bits per heavy atom. The van der Waals surface area contributed by atoms with Crippen LogP contribution in [0.1, 0.15) is 95.1 Å². The summed E-state index contributed by atoms with van der Waals surface area (Å²) in [6.07, 6.45) is 18.2. The lowest BCUT2D eigenvalue weighted by atomic mass is 10.1. The Bertz CT molecular complexity index is 1060. The molecule has 2 amide bonds. The molecule has 3 rings (SSSR count). The average Bonchev–Trinajstić information content (AvgIpc) is 3.47. The lowest BCUT2D eigenvalue weighted by Gasteiger charge is -2.23. The van der Waals surface area contributed by atoms with Crippen LogP contribution in [0.15, 0.2) is 65.6 Å². The van der Waals surface area contributed by atoms with Gasteiger partial charge in [-0.05, 0) is 36.2 Å². The molecule has 0 unspecified atom stereocenters. The van der Waals surface area contributed by atoms with Crippen molar-refractivity contribution in [2.24, 2.45) is 0 Å². The molecule has 0 aliphatic rings. The first-order valence-corrected chi connectivity index (χ1v) is 15.8. The number of benzene rings is 2. The van der Waals surface area contributed by atoms with Gasteiger partial charge in [-0.2, -0.15) is 4.57 Å². The quantitative estimate of drug-likeness (QED) is 0.140. The van der Waals surface area contributed by atoms with Crippen LogP contribution in [0.25, 0.3) is 0 Å². The van der Waals surface area contributed by atoms with E-state index >= 15 is 0 Å². The number of thiazole rings is 1. The Morgan fingerprint density at radius 2 is 1.52 bits per heavy atom. The fraction of sp³-hybridized carbons (Fsp3) is 0.515. The summed E-state index contributed by atoms with van der Waals surface area (Å²) in [5, 5.41) is 4.85. The number of nitrogens with zero attached hydrogens (tertiary/aromatic N) is 2. The number of anilines is 1. The highest BCUT2D eigenvalue weighted by molar-refractivity contribution is 7.07. The minimum atomic E-state index is -0.123. The summed E-state index contributed by atoms with van der Waals surface area (Å²) < 4.78 is 8.13. The van der Waals surface area contributed by atoms with E-state index in [1.54, 1.807) is 23.3 Å². The Kier molecular flexibility index (Phi) is 17.3. The molecule has 0 atom stereocenters. The largest absolute Gasteiger partial charge is 1.00 e. The van der Waals surface area contributed by atoms with Crippen molar-refractivity contribution in [3.8, 4) is 5.75 Å². The molecule has 1 N–H and O–H groups in total. The summed E-state index contributed by atoms with van der Waals surface area (Å²) in [7, 11) is 1.67. The van der Waals surface area contributed by atoms with E-state index in [-0.39, 0.29) is 23.0 Å². The first-order chi connectivity index (χ1) is 19.2. The first kappa shape index (κ1) is 33.8. The highest BCUT2D eigenvalue weighted by Gasteiger charge is 2.16. The zero-order chi connectivity index (χ0) is 27.5. The SMILES string of the molecule is CCCCCCCCCCCCCCOc1ccc(CN(C(=O)NC)c2cccc(C[n+]3ccsc3)c2)cc1.[Br-]. The monoisotopic (exact) mass is 629 g/mol. The summed E-state index contributed by atoms with van der Waals surface area (Å²) in [5.74, 6) is 0.892. The van der Waals surface area contributed by atoms with Gasteiger partial charge in [0.25, 0.3) is 0 Å². The van der Waals surface area contributed by atoms with E-state index in [1.165, 1.54) is 70.6 Å². The van der Waals surface area contributed by atoms with Crippen LogP contribution in [0.2, 0.25) is 0 Å². The van der Waals surface area contributed by atoms with Crippen molar-refractivity contribution in [1.29, 1.82) is 0 Å². The number of hydrogen-bond donors (Lipinski definition) is 1. The highest BCUT2D eigenvalue weighted by Crippen LogP contribution is 2.21. The third-order valence-corrected chi connectivity index (χ3v) is 7.78. The Morgan fingerprint density at radius 1 is 0.875 bits per heavy atom. The molecule has 2 aromatic carbocycles. The maximum absolute atomic E-state index is 12.7. The number of rotatable bonds is 19. The molecule has 40 heavy (non-hydrogen) atoms. The predicted molar refractivity (Wildman–Crippen MR) is 164 cm³/mol. The van der Waals surface area contributed by atoms with Gasteiger partial charge in [-0.3, -0.25) is 4.90 Å². The molecule has 3 aromatic rings. The second-order valence-electron chi connectivity index (χ2n) is 10.4. The van der Waals surface area contributed by atoms with Crippen LogP contribution in [0, 0.1) is 0 Å². The van der Waals surface area contributed by atoms with Crippen LogP contribution in [-0.2, 0) is 13.1 Å². The molecule has 0 fully saturated rings. The lowest BCUT2D eigenvalue weighted by Crippen LogP contribution is -3.00. The van der Waals surface area contributed by atoms with E-state index in [9.17, 15) is 4.79 Å². The molecule has 0 radical (unpaired) electrons. The summed E-state index contributed by atoms with van der Waals surface area (Å²) in [4.78, 5) is 14.5. The van der Waals surface area contributed by atoms with E-state index in [4.69, 9.17) is 4.74 Å². The van der Waals surface area contributed by atoms with E-state index in [0.717, 1.165) is 42.1 Å². The minimum Gasteiger partial charge on any atom is -1.00 e. The van der Waals surface area contributed by atoms with Gasteiger partial charge in [-0.1, -0.05) is 113 Å². The standard InChI is InChI=1S/C33H47N3O2S.BrH/c1-3-4-5-6-7-8-9-10-11-12-13-14-23-38-32-20-18-29(19-21-32)27-36(33(37)34-2)31-17-15-16-30(25-31)26-35-22-24-39-28-35;/h15-22,24-25,28H,3-14,23,26-27H2,1-2H3;1H. The van der Waals surface area contributed by atoms with Gasteiger partial charge in [-0.25, -0.2) is 4.79 Å². The van der Waals surface area contributed by atoms with Gasteiger partial charge < -0.3 is 27.0 Å². The number of aromatic nitrogens is 1. The van der Waals surface area contributed by atoms with E-state index in [2.05, 4.69) is 58.2 Å². The normalized spacial score (nSPS) is 10.7. The molecule has 0 aliphatic heterocycles. The molecule has 1 aromatic heterocycles. The molecule has 220 valence electrons. The maximum Gasteiger partial charge on any atom is 0.321 e. The van der Waals surface area contributed by atoms with Gasteiger partial charge in [0.2, 0.25) is 5.51 Å². The smallest absolute Gasteiger partial charge is 0.321 e. The summed E-state index contributed by atoms with van der Waals surface area (Å²) in [5.41, 5.74) is 5.19. The third kappa shape index (κ3) is 12.9. The number of nitrogens with one attached hydrogen (secondary N) is 1. The number of ether oxygens (including phenoxy) is 1. The second kappa shape index (κ2) is 20.5. The Hall–Kier alpha value is -2.38. The predicted octanol–water partition coefficient (Wildman–Crippen LogP) is 5.51. The van der Waals surface area contributed by atoms with Gasteiger partial charge >= 0.3 is 6.03 Å².